The van der Waals surface area contributed by atoms with Crippen LogP contribution in [0.4, 0.5) is 13.2 Å². The molecule has 0 aliphatic rings. The molecule has 0 aromatic heterocycles. The van der Waals surface area contributed by atoms with Gasteiger partial charge in [0.05, 0.1) is 5.57 Å². The van der Waals surface area contributed by atoms with Crippen molar-refractivity contribution in [1.29, 1.82) is 0 Å². The van der Waals surface area contributed by atoms with E-state index in [1.807, 2.05) is 13.8 Å². The van der Waals surface area contributed by atoms with Crippen molar-refractivity contribution in [3.63, 3.8) is 0 Å². The number of nitrogens with zero attached hydrogens (tertiary/aromatic N) is 1. The number of halogens is 3. The van der Waals surface area contributed by atoms with Crippen LogP contribution in [0.3, 0.4) is 0 Å². The molecule has 0 saturated carbocycles. The zero-order valence-corrected chi connectivity index (χ0v) is 9.44. The van der Waals surface area contributed by atoms with Crippen LogP contribution in [0.5, 0.6) is 0 Å². The van der Waals surface area contributed by atoms with E-state index in [9.17, 15) is 13.2 Å². The molecule has 15 heavy (non-hydrogen) atoms. The lowest BCUT2D eigenvalue weighted by Crippen LogP contribution is -2.12. The molecule has 4 heteroatoms. The Morgan fingerprint density at radius 2 is 1.80 bits per heavy atom. The monoisotopic (exact) mass is 219 g/mol. The molecule has 0 aliphatic heterocycles. The van der Waals surface area contributed by atoms with Crippen molar-refractivity contribution in [2.24, 2.45) is 4.99 Å². The minimum Gasteiger partial charge on any atom is -0.261 e. The molecular formula is C11H16F3N. The van der Waals surface area contributed by atoms with Crippen LogP contribution in [-0.4, -0.2) is 12.4 Å². The van der Waals surface area contributed by atoms with Gasteiger partial charge in [0, 0.05) is 11.9 Å². The maximum atomic E-state index is 12.3. The highest BCUT2D eigenvalue weighted by molar-refractivity contribution is 5.80. The SMILES string of the molecule is C/C=C(\C=NC(C)=C(C)CC)C(F)(F)F. The third kappa shape index (κ3) is 4.81. The Morgan fingerprint density at radius 3 is 2.13 bits per heavy atom. The van der Waals surface area contributed by atoms with E-state index < -0.39 is 11.7 Å². The summed E-state index contributed by atoms with van der Waals surface area (Å²) in [5.41, 5.74) is 0.913. The molecule has 0 atom stereocenters. The molecule has 86 valence electrons. The van der Waals surface area contributed by atoms with Gasteiger partial charge in [-0.15, -0.1) is 0 Å². The summed E-state index contributed by atoms with van der Waals surface area (Å²) >= 11 is 0. The van der Waals surface area contributed by atoms with E-state index in [2.05, 4.69) is 4.99 Å². The van der Waals surface area contributed by atoms with Gasteiger partial charge < -0.3 is 0 Å². The lowest BCUT2D eigenvalue weighted by Gasteiger charge is -2.06. The van der Waals surface area contributed by atoms with Gasteiger partial charge in [-0.1, -0.05) is 18.6 Å². The highest BCUT2D eigenvalue weighted by Crippen LogP contribution is 2.24. The van der Waals surface area contributed by atoms with Gasteiger partial charge in [0.2, 0.25) is 0 Å². The lowest BCUT2D eigenvalue weighted by molar-refractivity contribution is -0.0857. The molecule has 0 bridgehead atoms. The first-order valence-corrected chi connectivity index (χ1v) is 4.76. The molecule has 1 nitrogen and oxygen atoms in total. The summed E-state index contributed by atoms with van der Waals surface area (Å²) in [5.74, 6) is 0. The molecule has 0 fully saturated rings. The third-order valence-electron chi connectivity index (χ3n) is 2.18. The molecule has 0 saturated heterocycles. The molecule has 0 radical (unpaired) electrons. The summed E-state index contributed by atoms with van der Waals surface area (Å²) in [6, 6.07) is 0. The molecule has 0 N–H and O–H groups in total. The Kier molecular flexibility index (Phi) is 5.33. The number of aliphatic imine (C=N–C) groups is 1. The molecule has 0 aromatic carbocycles. The van der Waals surface area contributed by atoms with Gasteiger partial charge in [-0.2, -0.15) is 13.2 Å². The van der Waals surface area contributed by atoms with Crippen LogP contribution in [0.15, 0.2) is 27.9 Å². The van der Waals surface area contributed by atoms with E-state index in [0.717, 1.165) is 24.3 Å². The van der Waals surface area contributed by atoms with E-state index in [1.54, 1.807) is 6.92 Å². The quantitative estimate of drug-likeness (QED) is 0.628. The summed E-state index contributed by atoms with van der Waals surface area (Å²) in [6.07, 6.45) is -1.65. The van der Waals surface area contributed by atoms with Gasteiger partial charge in [-0.3, -0.25) is 4.99 Å². The normalized spacial score (nSPS) is 15.8. The fourth-order valence-corrected chi connectivity index (χ4v) is 0.844. The minimum absolute atomic E-state index is 0.640. The van der Waals surface area contributed by atoms with Crippen LogP contribution in [0.2, 0.25) is 0 Å². The van der Waals surface area contributed by atoms with E-state index in [4.69, 9.17) is 0 Å². The van der Waals surface area contributed by atoms with Crippen molar-refractivity contribution in [2.75, 3.05) is 0 Å². The van der Waals surface area contributed by atoms with E-state index in [0.29, 0.717) is 5.70 Å². The molecule has 0 rings (SSSR count). The van der Waals surface area contributed by atoms with Gasteiger partial charge in [0.1, 0.15) is 0 Å². The Balaban J connectivity index is 4.81. The Labute approximate surface area is 88.4 Å². The summed E-state index contributed by atoms with van der Waals surface area (Å²) in [4.78, 5) is 3.80. The van der Waals surface area contributed by atoms with Gasteiger partial charge in [-0.05, 0) is 27.2 Å². The van der Waals surface area contributed by atoms with Crippen LogP contribution in [0.25, 0.3) is 0 Å². The summed E-state index contributed by atoms with van der Waals surface area (Å²) in [6.45, 7) is 6.85. The largest absolute Gasteiger partial charge is 0.417 e. The average Bonchev–Trinajstić information content (AvgIpc) is 2.15. The van der Waals surface area contributed by atoms with E-state index in [1.165, 1.54) is 6.92 Å². The van der Waals surface area contributed by atoms with Crippen LogP contribution >= 0.6 is 0 Å². The van der Waals surface area contributed by atoms with Gasteiger partial charge in [0.15, 0.2) is 0 Å². The zero-order chi connectivity index (χ0) is 12.1. The first-order chi connectivity index (χ1) is 6.82. The predicted molar refractivity (Wildman–Crippen MR) is 57.0 cm³/mol. The van der Waals surface area contributed by atoms with Crippen molar-refractivity contribution in [2.45, 2.75) is 40.3 Å². The van der Waals surface area contributed by atoms with Crippen molar-refractivity contribution in [1.82, 2.24) is 0 Å². The predicted octanol–water partition coefficient (Wildman–Crippen LogP) is 4.27. The van der Waals surface area contributed by atoms with Crippen LogP contribution < -0.4 is 0 Å². The van der Waals surface area contributed by atoms with Gasteiger partial charge in [-0.25, -0.2) is 0 Å². The number of allylic oxidation sites excluding steroid dienone is 4. The molecule has 0 amide bonds. The van der Waals surface area contributed by atoms with Crippen molar-refractivity contribution in [3.8, 4) is 0 Å². The number of hydrogen-bond donors (Lipinski definition) is 0. The highest BCUT2D eigenvalue weighted by atomic mass is 19.4. The Morgan fingerprint density at radius 1 is 1.27 bits per heavy atom. The minimum atomic E-state index is -4.32. The number of alkyl halides is 3. The smallest absolute Gasteiger partial charge is 0.261 e. The van der Waals surface area contributed by atoms with Crippen molar-refractivity contribution >= 4 is 6.21 Å². The molecule has 0 aliphatic carbocycles. The molecular weight excluding hydrogens is 203 g/mol. The fraction of sp³-hybridized carbons (Fsp3) is 0.545. The maximum absolute atomic E-state index is 12.3. The Hall–Kier alpha value is -1.06. The molecule has 0 aromatic rings. The molecule has 0 heterocycles. The Bertz CT molecular complexity index is 295. The molecule has 0 unspecified atom stereocenters. The summed E-state index contributed by atoms with van der Waals surface area (Å²) in [5, 5.41) is 0. The second-order valence-electron chi connectivity index (χ2n) is 3.22. The number of hydrogen-bond acceptors (Lipinski definition) is 1. The second kappa shape index (κ2) is 5.73. The highest BCUT2D eigenvalue weighted by Gasteiger charge is 2.31. The summed E-state index contributed by atoms with van der Waals surface area (Å²) < 4.78 is 36.8. The van der Waals surface area contributed by atoms with Gasteiger partial charge >= 0.3 is 6.18 Å². The van der Waals surface area contributed by atoms with Gasteiger partial charge in [0.25, 0.3) is 0 Å². The van der Waals surface area contributed by atoms with Crippen LogP contribution in [-0.2, 0) is 0 Å². The maximum Gasteiger partial charge on any atom is 0.417 e. The van der Waals surface area contributed by atoms with Crippen LogP contribution in [0.1, 0.15) is 34.1 Å². The first-order valence-electron chi connectivity index (χ1n) is 4.76. The number of rotatable bonds is 3. The average molecular weight is 219 g/mol. The fourth-order valence-electron chi connectivity index (χ4n) is 0.844. The van der Waals surface area contributed by atoms with Crippen LogP contribution in [0, 0.1) is 0 Å². The zero-order valence-electron chi connectivity index (χ0n) is 9.44. The third-order valence-corrected chi connectivity index (χ3v) is 2.18. The second-order valence-corrected chi connectivity index (χ2v) is 3.22. The lowest BCUT2D eigenvalue weighted by atomic mass is 10.2. The first kappa shape index (κ1) is 13.9. The van der Waals surface area contributed by atoms with Crippen molar-refractivity contribution < 1.29 is 13.2 Å². The molecule has 0 spiro atoms. The van der Waals surface area contributed by atoms with Crippen molar-refractivity contribution in [3.05, 3.63) is 22.9 Å². The topological polar surface area (TPSA) is 12.4 Å². The standard InChI is InChI=1S/C11H16F3N/c1-5-8(3)9(4)15-7-10(6-2)11(12,13)14/h6-7H,5H2,1-4H3/b9-8?,10-6+,15-7?. The van der Waals surface area contributed by atoms with E-state index >= 15 is 0 Å². The van der Waals surface area contributed by atoms with E-state index in [-0.39, 0.29) is 0 Å². The summed E-state index contributed by atoms with van der Waals surface area (Å²) in [7, 11) is 0.